The third-order valence-electron chi connectivity index (χ3n) is 4.55. The highest BCUT2D eigenvalue weighted by molar-refractivity contribution is 7.71. The first-order valence-electron chi connectivity index (χ1n) is 8.52. The number of H-pyrrole nitrogens is 1. The number of Topliss-reactive ketones (excluding diaryl/α,β-unsaturated/α-hetero) is 1. The van der Waals surface area contributed by atoms with E-state index >= 15 is 0 Å². The molecular formula is C21H12N4O3S. The lowest BCUT2D eigenvalue weighted by molar-refractivity contribution is -0.384. The number of fused-ring (bicyclic) bond motifs is 2. The predicted octanol–water partition coefficient (Wildman–Crippen LogP) is 5.01. The number of aromatic nitrogens is 2. The smallest absolute Gasteiger partial charge is 0.271 e. The van der Waals surface area contributed by atoms with Crippen LogP contribution in [0.3, 0.4) is 0 Å². The largest absolute Gasteiger partial charge is 0.330 e. The van der Waals surface area contributed by atoms with Crippen LogP contribution in [-0.2, 0) is 0 Å². The Morgan fingerprint density at radius 2 is 1.90 bits per heavy atom. The Balaban J connectivity index is 1.83. The van der Waals surface area contributed by atoms with Crippen molar-refractivity contribution in [2.45, 2.75) is 0 Å². The van der Waals surface area contributed by atoms with Crippen LogP contribution in [0.2, 0.25) is 0 Å². The van der Waals surface area contributed by atoms with Gasteiger partial charge in [0.2, 0.25) is 5.78 Å². The number of ketones is 1. The first-order valence-corrected chi connectivity index (χ1v) is 8.93. The van der Waals surface area contributed by atoms with Crippen LogP contribution in [0.25, 0.3) is 28.0 Å². The number of allylic oxidation sites excluding steroid dienone is 1. The topological polar surface area (TPSA) is 105 Å². The zero-order chi connectivity index (χ0) is 20.5. The van der Waals surface area contributed by atoms with Crippen LogP contribution in [0.4, 0.5) is 5.69 Å². The first kappa shape index (κ1) is 18.3. The molecular weight excluding hydrogens is 388 g/mol. The predicted molar refractivity (Wildman–Crippen MR) is 112 cm³/mol. The molecule has 29 heavy (non-hydrogen) atoms. The van der Waals surface area contributed by atoms with Crippen molar-refractivity contribution in [2.24, 2.45) is 0 Å². The highest BCUT2D eigenvalue weighted by Gasteiger charge is 2.15. The van der Waals surface area contributed by atoms with E-state index in [2.05, 4.69) is 4.98 Å². The van der Waals surface area contributed by atoms with E-state index in [0.29, 0.717) is 16.6 Å². The molecule has 1 N–H and O–H groups in total. The van der Waals surface area contributed by atoms with Gasteiger partial charge in [-0.15, -0.1) is 0 Å². The lowest BCUT2D eigenvalue weighted by Gasteiger charge is -2.04. The molecule has 7 nitrogen and oxygen atoms in total. The van der Waals surface area contributed by atoms with Crippen LogP contribution in [0.1, 0.15) is 10.4 Å². The summed E-state index contributed by atoms with van der Waals surface area (Å²) >= 11 is 5.27. The Bertz CT molecular complexity index is 1440. The Morgan fingerprint density at radius 3 is 2.62 bits per heavy atom. The summed E-state index contributed by atoms with van der Waals surface area (Å²) in [5.41, 5.74) is 1.08. The van der Waals surface area contributed by atoms with Crippen molar-refractivity contribution in [3.05, 3.63) is 86.7 Å². The maximum Gasteiger partial charge on any atom is 0.271 e. The Hall–Kier alpha value is -4.09. The summed E-state index contributed by atoms with van der Waals surface area (Å²) in [7, 11) is 0. The second kappa shape index (κ2) is 7.14. The van der Waals surface area contributed by atoms with Gasteiger partial charge >= 0.3 is 0 Å². The maximum absolute atomic E-state index is 12.9. The second-order valence-corrected chi connectivity index (χ2v) is 6.69. The lowest BCUT2D eigenvalue weighted by atomic mass is 10.0. The molecule has 0 atom stereocenters. The molecule has 0 aliphatic rings. The van der Waals surface area contributed by atoms with Crippen molar-refractivity contribution in [1.29, 1.82) is 5.26 Å². The molecule has 1 aromatic heterocycles. The molecule has 140 valence electrons. The van der Waals surface area contributed by atoms with E-state index in [4.69, 9.17) is 12.2 Å². The van der Waals surface area contributed by atoms with E-state index in [1.165, 1.54) is 29.0 Å². The highest BCUT2D eigenvalue weighted by atomic mass is 32.1. The van der Waals surface area contributed by atoms with E-state index in [1.807, 2.05) is 36.4 Å². The van der Waals surface area contributed by atoms with Crippen LogP contribution in [0.15, 0.2) is 66.2 Å². The van der Waals surface area contributed by atoms with E-state index in [9.17, 15) is 20.2 Å². The van der Waals surface area contributed by atoms with Crippen LogP contribution >= 0.6 is 12.2 Å². The van der Waals surface area contributed by atoms with E-state index in [1.54, 1.807) is 12.1 Å². The maximum atomic E-state index is 12.9. The molecule has 0 aliphatic heterocycles. The standard InChI is InChI=1S/C21H12N4O3S/c22-11-16(20(26)15-6-5-13-3-1-2-4-14(13)9-15)12-24-19-10-17(25(27)28)7-8-18(19)23-21(24)29/h1-10,12H,(H,23,29). The fraction of sp³-hybridized carbons (Fsp3) is 0. The average Bonchev–Trinajstić information content (AvgIpc) is 3.05. The number of hydrogen-bond acceptors (Lipinski definition) is 5. The summed E-state index contributed by atoms with van der Waals surface area (Å²) in [6, 6.07) is 18.9. The van der Waals surface area contributed by atoms with Gasteiger partial charge < -0.3 is 4.98 Å². The molecule has 0 amide bonds. The third-order valence-corrected chi connectivity index (χ3v) is 4.85. The average molecular weight is 400 g/mol. The number of carbonyl (C=O) groups is 1. The number of nitriles is 1. The van der Waals surface area contributed by atoms with Crippen molar-refractivity contribution in [2.75, 3.05) is 0 Å². The number of benzene rings is 3. The molecule has 0 radical (unpaired) electrons. The minimum atomic E-state index is -0.519. The number of nitro groups is 1. The monoisotopic (exact) mass is 400 g/mol. The summed E-state index contributed by atoms with van der Waals surface area (Å²) in [6.45, 7) is 0. The van der Waals surface area contributed by atoms with Crippen LogP contribution in [0.5, 0.6) is 0 Å². The number of imidazole rings is 1. The summed E-state index contributed by atoms with van der Waals surface area (Å²) in [5.74, 6) is -0.458. The van der Waals surface area contributed by atoms with Gasteiger partial charge in [-0.1, -0.05) is 36.4 Å². The number of nitrogens with zero attached hydrogens (tertiary/aromatic N) is 3. The molecule has 4 rings (SSSR count). The molecule has 0 saturated heterocycles. The third kappa shape index (κ3) is 3.31. The molecule has 0 spiro atoms. The molecule has 1 heterocycles. The van der Waals surface area contributed by atoms with Gasteiger partial charge in [0.15, 0.2) is 4.77 Å². The summed E-state index contributed by atoms with van der Waals surface area (Å²) in [4.78, 5) is 26.4. The molecule has 0 unspecified atom stereocenters. The van der Waals surface area contributed by atoms with Crippen molar-refractivity contribution in [3.8, 4) is 6.07 Å². The van der Waals surface area contributed by atoms with Gasteiger partial charge in [0.1, 0.15) is 11.6 Å². The lowest BCUT2D eigenvalue weighted by Crippen LogP contribution is -2.03. The van der Waals surface area contributed by atoms with Gasteiger partial charge in [-0.05, 0) is 35.1 Å². The van der Waals surface area contributed by atoms with Crippen molar-refractivity contribution >= 4 is 51.7 Å². The van der Waals surface area contributed by atoms with Gasteiger partial charge in [0, 0.05) is 23.9 Å². The van der Waals surface area contributed by atoms with E-state index in [0.717, 1.165) is 10.8 Å². The molecule has 0 fully saturated rings. The van der Waals surface area contributed by atoms with Gasteiger partial charge in [-0.25, -0.2) is 0 Å². The zero-order valence-electron chi connectivity index (χ0n) is 14.8. The number of non-ortho nitro benzene ring substituents is 1. The number of rotatable bonds is 4. The number of aromatic amines is 1. The summed E-state index contributed by atoms with van der Waals surface area (Å²) in [6.07, 6.45) is 1.31. The van der Waals surface area contributed by atoms with Gasteiger partial charge in [-0.3, -0.25) is 19.5 Å². The SMILES string of the molecule is N#CC(=Cn1c(=S)[nH]c2ccc([N+](=O)[O-])cc21)C(=O)c1ccc2ccccc2c1. The highest BCUT2D eigenvalue weighted by Crippen LogP contribution is 2.23. The fourth-order valence-electron chi connectivity index (χ4n) is 3.11. The number of carbonyl (C=O) groups excluding carboxylic acids is 1. The molecule has 0 bridgehead atoms. The minimum Gasteiger partial charge on any atom is -0.330 e. The summed E-state index contributed by atoms with van der Waals surface area (Å²) in [5, 5.41) is 22.5. The van der Waals surface area contributed by atoms with E-state index < -0.39 is 10.7 Å². The molecule has 0 saturated carbocycles. The van der Waals surface area contributed by atoms with Crippen molar-refractivity contribution in [3.63, 3.8) is 0 Å². The van der Waals surface area contributed by atoms with Crippen LogP contribution in [0, 0.1) is 26.2 Å². The van der Waals surface area contributed by atoms with Crippen LogP contribution in [-0.4, -0.2) is 20.3 Å². The molecule has 0 aliphatic carbocycles. The Morgan fingerprint density at radius 1 is 1.14 bits per heavy atom. The normalized spacial score (nSPS) is 11.5. The zero-order valence-corrected chi connectivity index (χ0v) is 15.6. The van der Waals surface area contributed by atoms with Crippen LogP contribution < -0.4 is 0 Å². The van der Waals surface area contributed by atoms with E-state index in [-0.39, 0.29) is 16.0 Å². The minimum absolute atomic E-state index is 0.118. The second-order valence-electron chi connectivity index (χ2n) is 6.30. The van der Waals surface area contributed by atoms with Crippen molar-refractivity contribution < 1.29 is 9.72 Å². The summed E-state index contributed by atoms with van der Waals surface area (Å²) < 4.78 is 1.62. The van der Waals surface area contributed by atoms with Gasteiger partial charge in [0.05, 0.1) is 16.0 Å². The van der Waals surface area contributed by atoms with Gasteiger partial charge in [0.25, 0.3) is 5.69 Å². The number of hydrogen-bond donors (Lipinski definition) is 1. The Kier molecular flexibility index (Phi) is 4.50. The number of nitrogens with one attached hydrogen (secondary N) is 1. The number of nitro benzene ring substituents is 1. The quantitative estimate of drug-likeness (QED) is 0.129. The molecule has 3 aromatic carbocycles. The first-order chi connectivity index (χ1) is 14.0. The molecule has 8 heteroatoms. The van der Waals surface area contributed by atoms with Gasteiger partial charge in [-0.2, -0.15) is 5.26 Å². The molecule has 4 aromatic rings. The Labute approximate surface area is 169 Å². The van der Waals surface area contributed by atoms with Crippen molar-refractivity contribution in [1.82, 2.24) is 9.55 Å². The fourth-order valence-corrected chi connectivity index (χ4v) is 3.37.